The molecule has 4 nitrogen and oxygen atoms in total. The highest BCUT2D eigenvalue weighted by molar-refractivity contribution is 7.99. The predicted molar refractivity (Wildman–Crippen MR) is 151 cm³/mol. The molecule has 0 saturated heterocycles. The van der Waals surface area contributed by atoms with Gasteiger partial charge in [0.05, 0.1) is 5.75 Å². The number of carbonyl (C=O) groups is 2. The van der Waals surface area contributed by atoms with Crippen LogP contribution in [0.2, 0.25) is 10.0 Å². The minimum atomic E-state index is -0.631. The van der Waals surface area contributed by atoms with Gasteiger partial charge in [-0.1, -0.05) is 97.2 Å². The molecule has 7 heteroatoms. The lowest BCUT2D eigenvalue weighted by molar-refractivity contribution is -0.139. The van der Waals surface area contributed by atoms with E-state index in [1.54, 1.807) is 17.0 Å². The fraction of sp³-hybridized carbons (Fsp3) is 0.310. The number of nitrogens with one attached hydrogen (secondary N) is 1. The molecule has 1 atom stereocenters. The maximum atomic E-state index is 13.6. The average Bonchev–Trinajstić information content (AvgIpc) is 2.89. The third-order valence-corrected chi connectivity index (χ3v) is 7.39. The van der Waals surface area contributed by atoms with E-state index in [0.717, 1.165) is 29.5 Å². The van der Waals surface area contributed by atoms with Crippen molar-refractivity contribution in [2.24, 2.45) is 0 Å². The molecule has 190 valence electrons. The van der Waals surface area contributed by atoms with Crippen LogP contribution in [0.1, 0.15) is 36.5 Å². The average molecular weight is 544 g/mol. The fourth-order valence-corrected chi connectivity index (χ4v) is 5.12. The Morgan fingerprint density at radius 1 is 0.917 bits per heavy atom. The topological polar surface area (TPSA) is 49.4 Å². The zero-order valence-electron chi connectivity index (χ0n) is 20.5. The van der Waals surface area contributed by atoms with Crippen LogP contribution in [0.3, 0.4) is 0 Å². The predicted octanol–water partition coefficient (Wildman–Crippen LogP) is 6.78. The van der Waals surface area contributed by atoms with Crippen molar-refractivity contribution in [1.82, 2.24) is 10.2 Å². The second-order valence-electron chi connectivity index (χ2n) is 8.58. The second kappa shape index (κ2) is 14.9. The Kier molecular flexibility index (Phi) is 11.7. The Bertz CT molecular complexity index is 1110. The van der Waals surface area contributed by atoms with Crippen molar-refractivity contribution < 1.29 is 9.59 Å². The number of nitrogens with zero attached hydrogens (tertiary/aromatic N) is 1. The molecule has 0 saturated carbocycles. The van der Waals surface area contributed by atoms with Crippen LogP contribution >= 0.6 is 35.0 Å². The zero-order valence-corrected chi connectivity index (χ0v) is 22.8. The fourth-order valence-electron chi connectivity index (χ4n) is 3.79. The van der Waals surface area contributed by atoms with E-state index in [2.05, 4.69) is 12.2 Å². The Morgan fingerprint density at radius 3 is 2.31 bits per heavy atom. The van der Waals surface area contributed by atoms with Crippen LogP contribution in [0.25, 0.3) is 0 Å². The maximum Gasteiger partial charge on any atom is 0.243 e. The number of amides is 2. The number of benzene rings is 3. The Morgan fingerprint density at radius 2 is 1.61 bits per heavy atom. The molecule has 0 aliphatic carbocycles. The van der Waals surface area contributed by atoms with Gasteiger partial charge in [0.25, 0.3) is 0 Å². The number of rotatable bonds is 13. The van der Waals surface area contributed by atoms with Crippen LogP contribution in [0.5, 0.6) is 0 Å². The molecule has 1 N–H and O–H groups in total. The van der Waals surface area contributed by atoms with Crippen LogP contribution in [0, 0.1) is 0 Å². The van der Waals surface area contributed by atoms with E-state index in [4.69, 9.17) is 23.2 Å². The van der Waals surface area contributed by atoms with Gasteiger partial charge in [-0.25, -0.2) is 0 Å². The Hall–Kier alpha value is -2.47. The molecule has 3 aromatic rings. The summed E-state index contributed by atoms with van der Waals surface area (Å²) in [5.41, 5.74) is 2.91. The first-order valence-electron chi connectivity index (χ1n) is 12.1. The van der Waals surface area contributed by atoms with Crippen molar-refractivity contribution in [2.75, 3.05) is 12.3 Å². The van der Waals surface area contributed by atoms with Gasteiger partial charge >= 0.3 is 0 Å². The maximum absolute atomic E-state index is 13.6. The first kappa shape index (κ1) is 28.1. The van der Waals surface area contributed by atoms with Crippen LogP contribution in [0.15, 0.2) is 78.9 Å². The van der Waals surface area contributed by atoms with E-state index in [1.807, 2.05) is 66.7 Å². The molecule has 0 bridgehead atoms. The summed E-state index contributed by atoms with van der Waals surface area (Å²) in [6.45, 7) is 2.99. The summed E-state index contributed by atoms with van der Waals surface area (Å²) in [5.74, 6) is 0.637. The van der Waals surface area contributed by atoms with Gasteiger partial charge in [-0.05, 0) is 41.3 Å². The van der Waals surface area contributed by atoms with E-state index in [0.29, 0.717) is 35.3 Å². The molecule has 0 fully saturated rings. The minimum Gasteiger partial charge on any atom is -0.354 e. The molecule has 36 heavy (non-hydrogen) atoms. The van der Waals surface area contributed by atoms with Crippen molar-refractivity contribution in [2.45, 2.75) is 44.5 Å². The summed E-state index contributed by atoms with van der Waals surface area (Å²) in [6, 6.07) is 24.2. The molecular weight excluding hydrogens is 511 g/mol. The van der Waals surface area contributed by atoms with Gasteiger partial charge in [0, 0.05) is 35.3 Å². The summed E-state index contributed by atoms with van der Waals surface area (Å²) in [5, 5.41) is 4.36. The zero-order chi connectivity index (χ0) is 25.8. The third-order valence-electron chi connectivity index (χ3n) is 5.81. The summed E-state index contributed by atoms with van der Waals surface area (Å²) < 4.78 is 0. The molecule has 3 rings (SSSR count). The molecule has 0 spiro atoms. The van der Waals surface area contributed by atoms with Gasteiger partial charge in [-0.3, -0.25) is 9.59 Å². The number of hydrogen-bond donors (Lipinski definition) is 1. The van der Waals surface area contributed by atoms with Crippen molar-refractivity contribution >= 4 is 46.8 Å². The number of hydrogen-bond acceptors (Lipinski definition) is 3. The molecule has 0 aromatic heterocycles. The van der Waals surface area contributed by atoms with Crippen LogP contribution < -0.4 is 5.32 Å². The molecule has 0 unspecified atom stereocenters. The highest BCUT2D eigenvalue weighted by Crippen LogP contribution is 2.23. The Labute approximate surface area is 228 Å². The van der Waals surface area contributed by atoms with Crippen LogP contribution in [-0.2, 0) is 28.3 Å². The molecular formula is C29H32Cl2N2O2S. The van der Waals surface area contributed by atoms with E-state index in [1.165, 1.54) is 11.8 Å². The standard InChI is InChI=1S/C29H32Cl2N2O2S/c1-2-3-17-32-29(35)27(18-22-9-5-4-6-10-22)33(19-23-13-15-25(30)16-14-23)28(34)21-36-20-24-11-7-8-12-26(24)31/h4-16,27H,2-3,17-21H2,1H3,(H,32,35)/t27-/m0/s1. The molecule has 0 aliphatic heterocycles. The lowest BCUT2D eigenvalue weighted by Crippen LogP contribution is -2.51. The first-order valence-corrected chi connectivity index (χ1v) is 14.1. The molecule has 2 amide bonds. The molecule has 0 radical (unpaired) electrons. The highest BCUT2D eigenvalue weighted by Gasteiger charge is 2.30. The number of unbranched alkanes of at least 4 members (excludes halogenated alkanes) is 1. The van der Waals surface area contributed by atoms with Gasteiger partial charge in [0.15, 0.2) is 0 Å². The van der Waals surface area contributed by atoms with Gasteiger partial charge in [0.2, 0.25) is 11.8 Å². The largest absolute Gasteiger partial charge is 0.354 e. The van der Waals surface area contributed by atoms with Gasteiger partial charge in [0.1, 0.15) is 6.04 Å². The van der Waals surface area contributed by atoms with Crippen molar-refractivity contribution in [3.8, 4) is 0 Å². The van der Waals surface area contributed by atoms with Crippen molar-refractivity contribution in [3.63, 3.8) is 0 Å². The Balaban J connectivity index is 1.83. The van der Waals surface area contributed by atoms with Crippen molar-refractivity contribution in [1.29, 1.82) is 0 Å². The van der Waals surface area contributed by atoms with E-state index in [9.17, 15) is 9.59 Å². The normalized spacial score (nSPS) is 11.6. The summed E-state index contributed by atoms with van der Waals surface area (Å²) in [7, 11) is 0. The van der Waals surface area contributed by atoms with Gasteiger partial charge in [-0.2, -0.15) is 0 Å². The second-order valence-corrected chi connectivity index (χ2v) is 10.4. The van der Waals surface area contributed by atoms with Crippen LogP contribution in [-0.4, -0.2) is 35.1 Å². The lowest BCUT2D eigenvalue weighted by atomic mass is 10.0. The number of carbonyl (C=O) groups excluding carboxylic acids is 2. The SMILES string of the molecule is CCCCNC(=O)[C@H](Cc1ccccc1)N(Cc1ccc(Cl)cc1)C(=O)CSCc1ccccc1Cl. The third kappa shape index (κ3) is 8.88. The van der Waals surface area contributed by atoms with E-state index >= 15 is 0 Å². The molecule has 0 aliphatic rings. The van der Waals surface area contributed by atoms with Gasteiger partial charge < -0.3 is 10.2 Å². The summed E-state index contributed by atoms with van der Waals surface area (Å²) in [6.07, 6.45) is 2.31. The van der Waals surface area contributed by atoms with Gasteiger partial charge in [-0.15, -0.1) is 11.8 Å². The molecule has 0 heterocycles. The summed E-state index contributed by atoms with van der Waals surface area (Å²) in [4.78, 5) is 28.7. The lowest BCUT2D eigenvalue weighted by Gasteiger charge is -2.31. The quantitative estimate of drug-likeness (QED) is 0.242. The summed E-state index contributed by atoms with van der Waals surface area (Å²) >= 11 is 13.9. The highest BCUT2D eigenvalue weighted by atomic mass is 35.5. The minimum absolute atomic E-state index is 0.0893. The number of halogens is 2. The monoisotopic (exact) mass is 542 g/mol. The van der Waals surface area contributed by atoms with E-state index in [-0.39, 0.29) is 17.6 Å². The first-order chi connectivity index (χ1) is 17.5. The van der Waals surface area contributed by atoms with Crippen molar-refractivity contribution in [3.05, 3.63) is 106 Å². The number of thioether (sulfide) groups is 1. The molecule has 3 aromatic carbocycles. The smallest absolute Gasteiger partial charge is 0.243 e. The van der Waals surface area contributed by atoms with E-state index < -0.39 is 6.04 Å². The van der Waals surface area contributed by atoms with Crippen LogP contribution in [0.4, 0.5) is 0 Å².